The Labute approximate surface area is 194 Å². The van der Waals surface area contributed by atoms with Crippen molar-refractivity contribution in [1.82, 2.24) is 19.4 Å². The summed E-state index contributed by atoms with van der Waals surface area (Å²) in [6, 6.07) is 11.9. The van der Waals surface area contributed by atoms with Crippen molar-refractivity contribution >= 4 is 5.91 Å². The molecule has 0 spiro atoms. The fourth-order valence-corrected chi connectivity index (χ4v) is 4.66. The Bertz CT molecular complexity index is 1130. The molecule has 0 radical (unpaired) electrons. The molecule has 0 saturated heterocycles. The largest absolute Gasteiger partial charge is 0.350 e. The number of hydrogen-bond acceptors (Lipinski definition) is 4. The summed E-state index contributed by atoms with van der Waals surface area (Å²) in [4.78, 5) is 29.9. The summed E-state index contributed by atoms with van der Waals surface area (Å²) in [6.45, 7) is 3.80. The van der Waals surface area contributed by atoms with Gasteiger partial charge in [-0.2, -0.15) is 0 Å². The van der Waals surface area contributed by atoms with Gasteiger partial charge in [0.05, 0.1) is 0 Å². The van der Waals surface area contributed by atoms with E-state index in [1.54, 1.807) is 24.7 Å². The van der Waals surface area contributed by atoms with Crippen LogP contribution in [0.2, 0.25) is 0 Å². The smallest absolute Gasteiger partial charge is 0.271 e. The summed E-state index contributed by atoms with van der Waals surface area (Å²) in [6.07, 6.45) is 8.07. The van der Waals surface area contributed by atoms with Crippen molar-refractivity contribution in [2.75, 3.05) is 13.1 Å². The number of nitrogens with two attached hydrogens (primary N) is 1. The molecule has 1 fully saturated rings. The number of carbonyl (C=O) groups is 1. The molecule has 3 aromatic rings. The highest BCUT2D eigenvalue weighted by Crippen LogP contribution is 2.27. The van der Waals surface area contributed by atoms with Gasteiger partial charge in [0, 0.05) is 43.7 Å². The molecule has 33 heavy (non-hydrogen) atoms. The minimum absolute atomic E-state index is 0.0396. The topological polar surface area (TPSA) is 94.9 Å². The van der Waals surface area contributed by atoms with E-state index in [1.165, 1.54) is 0 Å². The van der Waals surface area contributed by atoms with Crippen molar-refractivity contribution < 1.29 is 4.79 Å². The fraction of sp³-hybridized carbons (Fsp3) is 0.423. The van der Waals surface area contributed by atoms with E-state index in [4.69, 9.17) is 10.7 Å². The average molecular weight is 448 g/mol. The van der Waals surface area contributed by atoms with Crippen LogP contribution >= 0.6 is 0 Å². The number of nitrogens with zero attached hydrogens (tertiary/aromatic N) is 3. The molecule has 1 aliphatic rings. The second kappa shape index (κ2) is 10.2. The Morgan fingerprint density at radius 1 is 1.12 bits per heavy atom. The predicted molar refractivity (Wildman–Crippen MR) is 130 cm³/mol. The standard InChI is InChI=1S/C26H33N5O2/c1-18-12-22(16-30(2)26(18)33)24-29-23(17-31(24)15-21-6-4-3-5-7-21)25(32)28-14-20-10-8-19(13-27)9-11-20/h3-7,12,16-17,19-20H,8-11,13-15,27H2,1-2H3,(H,28,32). The number of pyridine rings is 1. The van der Waals surface area contributed by atoms with Gasteiger partial charge in [-0.05, 0) is 62.6 Å². The Kier molecular flexibility index (Phi) is 7.08. The summed E-state index contributed by atoms with van der Waals surface area (Å²) in [5.74, 6) is 1.63. The summed E-state index contributed by atoms with van der Waals surface area (Å²) in [5, 5.41) is 3.09. The molecule has 7 nitrogen and oxygen atoms in total. The van der Waals surface area contributed by atoms with Crippen molar-refractivity contribution in [3.05, 3.63) is 76.0 Å². The number of hydrogen-bond donors (Lipinski definition) is 2. The van der Waals surface area contributed by atoms with Crippen molar-refractivity contribution in [3.8, 4) is 11.4 Å². The molecule has 7 heteroatoms. The normalized spacial score (nSPS) is 18.3. The third-order valence-corrected chi connectivity index (χ3v) is 6.68. The average Bonchev–Trinajstić information content (AvgIpc) is 3.25. The summed E-state index contributed by atoms with van der Waals surface area (Å²) < 4.78 is 3.54. The second-order valence-corrected chi connectivity index (χ2v) is 9.22. The van der Waals surface area contributed by atoms with Gasteiger partial charge in [-0.15, -0.1) is 0 Å². The zero-order valence-electron chi connectivity index (χ0n) is 19.5. The van der Waals surface area contributed by atoms with Gasteiger partial charge in [-0.25, -0.2) is 4.98 Å². The minimum Gasteiger partial charge on any atom is -0.350 e. The lowest BCUT2D eigenvalue weighted by Gasteiger charge is -2.27. The molecule has 4 rings (SSSR count). The first-order chi connectivity index (χ1) is 15.9. The van der Waals surface area contributed by atoms with Crippen molar-refractivity contribution in [2.45, 2.75) is 39.2 Å². The molecule has 1 saturated carbocycles. The molecule has 0 aliphatic heterocycles. The lowest BCUT2D eigenvalue weighted by atomic mass is 9.82. The van der Waals surface area contributed by atoms with Gasteiger partial charge in [0.25, 0.3) is 11.5 Å². The van der Waals surface area contributed by atoms with Crippen molar-refractivity contribution in [3.63, 3.8) is 0 Å². The number of benzene rings is 1. The van der Waals surface area contributed by atoms with Crippen LogP contribution in [0.1, 0.15) is 47.3 Å². The molecular weight excluding hydrogens is 414 g/mol. The van der Waals surface area contributed by atoms with Crippen LogP contribution in [0.3, 0.4) is 0 Å². The van der Waals surface area contributed by atoms with Crippen molar-refractivity contribution in [2.24, 2.45) is 24.6 Å². The molecule has 174 valence electrons. The monoisotopic (exact) mass is 447 g/mol. The molecule has 3 N–H and O–H groups in total. The van der Waals surface area contributed by atoms with E-state index < -0.39 is 0 Å². The minimum atomic E-state index is -0.162. The van der Waals surface area contributed by atoms with Gasteiger partial charge in [0.2, 0.25) is 0 Å². The lowest BCUT2D eigenvalue weighted by Crippen LogP contribution is -2.32. The van der Waals surface area contributed by atoms with Gasteiger partial charge in [-0.1, -0.05) is 30.3 Å². The van der Waals surface area contributed by atoms with Gasteiger partial charge < -0.3 is 20.2 Å². The van der Waals surface area contributed by atoms with Gasteiger partial charge in [0.1, 0.15) is 11.5 Å². The van der Waals surface area contributed by atoms with Crippen LogP contribution in [-0.2, 0) is 13.6 Å². The number of nitrogens with one attached hydrogen (secondary N) is 1. The highest BCUT2D eigenvalue weighted by atomic mass is 16.2. The van der Waals surface area contributed by atoms with Crippen LogP contribution in [0.15, 0.2) is 53.6 Å². The summed E-state index contributed by atoms with van der Waals surface area (Å²) in [7, 11) is 1.73. The SMILES string of the molecule is Cc1cc(-c2nc(C(=O)NCC3CCC(CN)CC3)cn2Cc2ccccc2)cn(C)c1=O. The molecular formula is C26H33N5O2. The number of imidazole rings is 1. The summed E-state index contributed by atoms with van der Waals surface area (Å²) >= 11 is 0. The number of aromatic nitrogens is 3. The highest BCUT2D eigenvalue weighted by molar-refractivity contribution is 5.92. The zero-order chi connectivity index (χ0) is 23.4. The second-order valence-electron chi connectivity index (χ2n) is 9.22. The highest BCUT2D eigenvalue weighted by Gasteiger charge is 2.22. The molecule has 0 unspecified atom stereocenters. The van der Waals surface area contributed by atoms with E-state index in [9.17, 15) is 9.59 Å². The fourth-order valence-electron chi connectivity index (χ4n) is 4.66. The number of carbonyl (C=O) groups excluding carboxylic acids is 1. The lowest BCUT2D eigenvalue weighted by molar-refractivity contribution is 0.0937. The van der Waals surface area contributed by atoms with Gasteiger partial charge in [0.15, 0.2) is 0 Å². The van der Waals surface area contributed by atoms with Crippen molar-refractivity contribution in [1.29, 1.82) is 0 Å². The number of aryl methyl sites for hydroxylation is 2. The third-order valence-electron chi connectivity index (χ3n) is 6.68. The molecule has 1 amide bonds. The number of rotatable bonds is 7. The van der Waals surface area contributed by atoms with Crippen LogP contribution in [0.25, 0.3) is 11.4 Å². The van der Waals surface area contributed by atoms with Gasteiger partial charge >= 0.3 is 0 Å². The van der Waals surface area contributed by atoms with Gasteiger partial charge in [-0.3, -0.25) is 9.59 Å². The molecule has 2 aromatic heterocycles. The number of amides is 1. The molecule has 0 atom stereocenters. The van der Waals surface area contributed by atoms with E-state index in [1.807, 2.05) is 47.2 Å². The van der Waals surface area contributed by atoms with E-state index in [2.05, 4.69) is 5.32 Å². The zero-order valence-corrected chi connectivity index (χ0v) is 19.5. The van der Waals surface area contributed by atoms with E-state index >= 15 is 0 Å². The van der Waals surface area contributed by atoms with E-state index in [-0.39, 0.29) is 11.5 Å². The van der Waals surface area contributed by atoms with Crippen LogP contribution in [0.4, 0.5) is 0 Å². The Balaban J connectivity index is 1.56. The first-order valence-electron chi connectivity index (χ1n) is 11.7. The Hall–Kier alpha value is -3.19. The molecule has 1 aliphatic carbocycles. The Morgan fingerprint density at radius 2 is 1.82 bits per heavy atom. The predicted octanol–water partition coefficient (Wildman–Crippen LogP) is 3.10. The van der Waals surface area contributed by atoms with Crippen LogP contribution in [-0.4, -0.2) is 33.1 Å². The Morgan fingerprint density at radius 3 is 2.48 bits per heavy atom. The van der Waals surface area contributed by atoms with E-state index in [0.29, 0.717) is 42.0 Å². The maximum atomic E-state index is 13.0. The maximum absolute atomic E-state index is 13.0. The first kappa shape index (κ1) is 23.0. The van der Waals surface area contributed by atoms with E-state index in [0.717, 1.165) is 43.4 Å². The quantitative estimate of drug-likeness (QED) is 0.582. The third kappa shape index (κ3) is 5.42. The molecule has 2 heterocycles. The van der Waals surface area contributed by atoms with Crippen LogP contribution < -0.4 is 16.6 Å². The first-order valence-corrected chi connectivity index (χ1v) is 11.7. The van der Waals surface area contributed by atoms with Crippen LogP contribution in [0, 0.1) is 18.8 Å². The molecule has 0 bridgehead atoms. The maximum Gasteiger partial charge on any atom is 0.271 e. The summed E-state index contributed by atoms with van der Waals surface area (Å²) in [5.41, 5.74) is 8.71. The molecule has 1 aromatic carbocycles. The van der Waals surface area contributed by atoms with Crippen LogP contribution in [0.5, 0.6) is 0 Å².